The van der Waals surface area contributed by atoms with Gasteiger partial charge in [0.25, 0.3) is 0 Å². The molecule has 0 atom stereocenters. The van der Waals surface area contributed by atoms with Gasteiger partial charge < -0.3 is 5.32 Å². The fourth-order valence-electron chi connectivity index (χ4n) is 1.53. The van der Waals surface area contributed by atoms with Gasteiger partial charge in [-0.1, -0.05) is 38.1 Å². The van der Waals surface area contributed by atoms with Crippen LogP contribution in [0.2, 0.25) is 0 Å². The Hall–Kier alpha value is -1.24. The van der Waals surface area contributed by atoms with Gasteiger partial charge in [-0.2, -0.15) is 0 Å². The lowest BCUT2D eigenvalue weighted by Gasteiger charge is -2.10. The zero-order valence-corrected chi connectivity index (χ0v) is 9.14. The third kappa shape index (κ3) is 2.63. The van der Waals surface area contributed by atoms with Gasteiger partial charge in [-0.25, -0.2) is 0 Å². The summed E-state index contributed by atoms with van der Waals surface area (Å²) in [4.78, 5) is 0. The lowest BCUT2D eigenvalue weighted by molar-refractivity contribution is 0.825. The Bertz CT molecular complexity index is 302. The highest BCUT2D eigenvalue weighted by molar-refractivity contribution is 5.74. The van der Waals surface area contributed by atoms with Crippen LogP contribution in [0.25, 0.3) is 5.57 Å². The van der Waals surface area contributed by atoms with Crippen LogP contribution in [0.1, 0.15) is 31.7 Å². The SMILES string of the molecule is C=C(CCCC)c1ccccc1NC. The third-order valence-corrected chi connectivity index (χ3v) is 2.41. The topological polar surface area (TPSA) is 12.0 Å². The maximum Gasteiger partial charge on any atom is 0.0413 e. The first-order chi connectivity index (χ1) is 6.79. The zero-order chi connectivity index (χ0) is 10.4. The van der Waals surface area contributed by atoms with Crippen LogP contribution in [0, 0.1) is 0 Å². The number of benzene rings is 1. The molecule has 1 aromatic rings. The van der Waals surface area contributed by atoms with E-state index in [1.165, 1.54) is 29.7 Å². The summed E-state index contributed by atoms with van der Waals surface area (Å²) in [5.74, 6) is 0. The summed E-state index contributed by atoms with van der Waals surface area (Å²) in [6.45, 7) is 6.34. The smallest absolute Gasteiger partial charge is 0.0413 e. The van der Waals surface area contributed by atoms with Crippen molar-refractivity contribution in [2.45, 2.75) is 26.2 Å². The third-order valence-electron chi connectivity index (χ3n) is 2.41. The summed E-state index contributed by atoms with van der Waals surface area (Å²) in [7, 11) is 1.95. The fraction of sp³-hybridized carbons (Fsp3) is 0.385. The van der Waals surface area contributed by atoms with E-state index < -0.39 is 0 Å². The molecule has 0 aliphatic carbocycles. The minimum atomic E-state index is 1.09. The molecule has 0 bridgehead atoms. The zero-order valence-electron chi connectivity index (χ0n) is 9.14. The Morgan fingerprint density at radius 3 is 2.71 bits per heavy atom. The number of para-hydroxylation sites is 1. The molecule has 0 saturated carbocycles. The van der Waals surface area contributed by atoms with Gasteiger partial charge in [0.2, 0.25) is 0 Å². The van der Waals surface area contributed by atoms with Crippen LogP contribution >= 0.6 is 0 Å². The molecule has 0 unspecified atom stereocenters. The van der Waals surface area contributed by atoms with Crippen molar-refractivity contribution in [1.82, 2.24) is 0 Å². The van der Waals surface area contributed by atoms with Gasteiger partial charge in [-0.05, 0) is 24.5 Å². The molecular weight excluding hydrogens is 170 g/mol. The van der Waals surface area contributed by atoms with Crippen LogP contribution in [0.5, 0.6) is 0 Å². The molecule has 0 aromatic heterocycles. The minimum Gasteiger partial charge on any atom is -0.388 e. The van der Waals surface area contributed by atoms with Crippen LogP contribution in [-0.2, 0) is 0 Å². The van der Waals surface area contributed by atoms with E-state index in [1.807, 2.05) is 13.1 Å². The first kappa shape index (κ1) is 10.8. The number of hydrogen-bond acceptors (Lipinski definition) is 1. The Labute approximate surface area is 86.8 Å². The molecule has 0 spiro atoms. The normalized spacial score (nSPS) is 9.86. The predicted octanol–water partition coefficient (Wildman–Crippen LogP) is 3.93. The van der Waals surface area contributed by atoms with Crippen molar-refractivity contribution in [3.8, 4) is 0 Å². The van der Waals surface area contributed by atoms with Gasteiger partial charge in [-0.15, -0.1) is 0 Å². The molecule has 0 amide bonds. The average molecular weight is 189 g/mol. The van der Waals surface area contributed by atoms with E-state index in [0.717, 1.165) is 6.42 Å². The second-order valence-corrected chi connectivity index (χ2v) is 3.50. The average Bonchev–Trinajstić information content (AvgIpc) is 2.25. The van der Waals surface area contributed by atoms with E-state index in [0.29, 0.717) is 0 Å². The van der Waals surface area contributed by atoms with E-state index >= 15 is 0 Å². The summed E-state index contributed by atoms with van der Waals surface area (Å²) in [5, 5.41) is 3.19. The fourth-order valence-corrected chi connectivity index (χ4v) is 1.53. The summed E-state index contributed by atoms with van der Waals surface area (Å²) in [6.07, 6.45) is 3.53. The lowest BCUT2D eigenvalue weighted by Crippen LogP contribution is -1.94. The monoisotopic (exact) mass is 189 g/mol. The van der Waals surface area contributed by atoms with Crippen molar-refractivity contribution in [3.63, 3.8) is 0 Å². The van der Waals surface area contributed by atoms with Gasteiger partial charge >= 0.3 is 0 Å². The number of hydrogen-bond donors (Lipinski definition) is 1. The van der Waals surface area contributed by atoms with Gasteiger partial charge in [-0.3, -0.25) is 0 Å². The number of allylic oxidation sites excluding steroid dienone is 1. The molecule has 14 heavy (non-hydrogen) atoms. The number of rotatable bonds is 5. The highest BCUT2D eigenvalue weighted by Gasteiger charge is 2.02. The molecule has 0 heterocycles. The van der Waals surface area contributed by atoms with Crippen molar-refractivity contribution < 1.29 is 0 Å². The molecule has 0 fully saturated rings. The predicted molar refractivity (Wildman–Crippen MR) is 64.5 cm³/mol. The molecule has 1 rings (SSSR count). The molecular formula is C13H19N. The summed E-state index contributed by atoms with van der Waals surface area (Å²) in [6, 6.07) is 8.33. The molecule has 76 valence electrons. The van der Waals surface area contributed by atoms with Crippen molar-refractivity contribution in [2.75, 3.05) is 12.4 Å². The summed E-state index contributed by atoms with van der Waals surface area (Å²) in [5.41, 5.74) is 3.66. The highest BCUT2D eigenvalue weighted by atomic mass is 14.8. The second-order valence-electron chi connectivity index (χ2n) is 3.50. The quantitative estimate of drug-likeness (QED) is 0.740. The summed E-state index contributed by atoms with van der Waals surface area (Å²) < 4.78 is 0. The van der Waals surface area contributed by atoms with E-state index in [1.54, 1.807) is 0 Å². The summed E-state index contributed by atoms with van der Waals surface area (Å²) >= 11 is 0. The van der Waals surface area contributed by atoms with Gasteiger partial charge in [0.05, 0.1) is 0 Å². The number of nitrogens with one attached hydrogen (secondary N) is 1. The van der Waals surface area contributed by atoms with E-state index in [-0.39, 0.29) is 0 Å². The van der Waals surface area contributed by atoms with Crippen molar-refractivity contribution in [2.24, 2.45) is 0 Å². The van der Waals surface area contributed by atoms with E-state index in [9.17, 15) is 0 Å². The Balaban J connectivity index is 2.78. The molecule has 1 nitrogen and oxygen atoms in total. The van der Waals surface area contributed by atoms with Gasteiger partial charge in [0.1, 0.15) is 0 Å². The second kappa shape index (κ2) is 5.48. The Morgan fingerprint density at radius 1 is 1.36 bits per heavy atom. The van der Waals surface area contributed by atoms with Crippen molar-refractivity contribution in [1.29, 1.82) is 0 Å². The highest BCUT2D eigenvalue weighted by Crippen LogP contribution is 2.25. The molecule has 1 heteroatoms. The maximum absolute atomic E-state index is 4.13. The van der Waals surface area contributed by atoms with Crippen LogP contribution in [-0.4, -0.2) is 7.05 Å². The van der Waals surface area contributed by atoms with Gasteiger partial charge in [0, 0.05) is 18.3 Å². The first-order valence-corrected chi connectivity index (χ1v) is 5.24. The van der Waals surface area contributed by atoms with Crippen molar-refractivity contribution in [3.05, 3.63) is 36.4 Å². The standard InChI is InChI=1S/C13H19N/c1-4-5-8-11(2)12-9-6-7-10-13(12)14-3/h6-7,9-10,14H,2,4-5,8H2,1,3H3. The van der Waals surface area contributed by atoms with Crippen LogP contribution in [0.4, 0.5) is 5.69 Å². The van der Waals surface area contributed by atoms with Crippen LogP contribution in [0.15, 0.2) is 30.8 Å². The molecule has 1 N–H and O–H groups in total. The van der Waals surface area contributed by atoms with E-state index in [4.69, 9.17) is 0 Å². The molecule has 0 aliphatic heterocycles. The molecule has 1 aromatic carbocycles. The van der Waals surface area contributed by atoms with E-state index in [2.05, 4.69) is 37.0 Å². The number of anilines is 1. The maximum atomic E-state index is 4.13. The van der Waals surface area contributed by atoms with Crippen LogP contribution in [0.3, 0.4) is 0 Å². The largest absolute Gasteiger partial charge is 0.388 e. The molecule has 0 radical (unpaired) electrons. The van der Waals surface area contributed by atoms with Crippen molar-refractivity contribution >= 4 is 11.3 Å². The van der Waals surface area contributed by atoms with Crippen LogP contribution < -0.4 is 5.32 Å². The van der Waals surface area contributed by atoms with Gasteiger partial charge in [0.15, 0.2) is 0 Å². The Kier molecular flexibility index (Phi) is 4.24. The molecule has 0 aliphatic rings. The lowest BCUT2D eigenvalue weighted by atomic mass is 10.0. The minimum absolute atomic E-state index is 1.09. The first-order valence-electron chi connectivity index (χ1n) is 5.24. The Morgan fingerprint density at radius 2 is 2.07 bits per heavy atom. The number of unbranched alkanes of at least 4 members (excludes halogenated alkanes) is 1. The molecule has 0 saturated heterocycles.